The fourth-order valence-corrected chi connectivity index (χ4v) is 3.15. The predicted octanol–water partition coefficient (Wildman–Crippen LogP) is 3.39. The third-order valence-electron chi connectivity index (χ3n) is 2.61. The molecule has 0 aliphatic carbocycles. The number of carbonyl (C=O) groups excluding carboxylic acids is 1. The molecule has 1 aromatic carbocycles. The summed E-state index contributed by atoms with van der Waals surface area (Å²) in [4.78, 5) is 12.2. The largest absolute Gasteiger partial charge is 0.496 e. The van der Waals surface area contributed by atoms with E-state index in [1.165, 1.54) is 23.1 Å². The highest BCUT2D eigenvalue weighted by atomic mass is 32.2. The summed E-state index contributed by atoms with van der Waals surface area (Å²) in [5.41, 5.74) is 1.47. The molecule has 0 fully saturated rings. The normalized spacial score (nSPS) is 10.2. The minimum atomic E-state index is -0.211. The van der Waals surface area contributed by atoms with E-state index in [0.717, 1.165) is 21.4 Å². The van der Waals surface area contributed by atoms with Crippen molar-refractivity contribution in [1.82, 2.24) is 10.2 Å². The van der Waals surface area contributed by atoms with E-state index in [1.54, 1.807) is 31.4 Å². The van der Waals surface area contributed by atoms with Gasteiger partial charge >= 0.3 is 0 Å². The number of ether oxygens (including phenoxy) is 1. The third-order valence-corrected chi connectivity index (χ3v) is 4.58. The van der Waals surface area contributed by atoms with Gasteiger partial charge in [-0.05, 0) is 30.7 Å². The SMILES string of the molecule is C=CCSc1nnc(NC(=O)c2ccc(OC)c(C)c2)s1. The van der Waals surface area contributed by atoms with Crippen LogP contribution in [0.3, 0.4) is 0 Å². The van der Waals surface area contributed by atoms with Crippen molar-refractivity contribution in [2.45, 2.75) is 11.3 Å². The van der Waals surface area contributed by atoms with E-state index in [1.807, 2.05) is 6.92 Å². The van der Waals surface area contributed by atoms with Gasteiger partial charge in [0.2, 0.25) is 5.13 Å². The third kappa shape index (κ3) is 4.05. The van der Waals surface area contributed by atoms with Gasteiger partial charge in [0.05, 0.1) is 7.11 Å². The number of aromatic nitrogens is 2. The van der Waals surface area contributed by atoms with Crippen molar-refractivity contribution in [3.05, 3.63) is 42.0 Å². The second kappa shape index (κ2) is 7.24. The Morgan fingerprint density at radius 1 is 1.52 bits per heavy atom. The van der Waals surface area contributed by atoms with Crippen LogP contribution in [0.15, 0.2) is 35.2 Å². The van der Waals surface area contributed by atoms with Gasteiger partial charge < -0.3 is 4.74 Å². The summed E-state index contributed by atoms with van der Waals surface area (Å²) in [6, 6.07) is 5.27. The van der Waals surface area contributed by atoms with E-state index in [4.69, 9.17) is 4.74 Å². The van der Waals surface area contributed by atoms with Crippen LogP contribution in [0, 0.1) is 6.92 Å². The highest BCUT2D eigenvalue weighted by Gasteiger charge is 2.11. The molecule has 7 heteroatoms. The standard InChI is InChI=1S/C14H15N3O2S2/c1-4-7-20-14-17-16-13(21-14)15-12(18)10-5-6-11(19-3)9(2)8-10/h4-6,8H,1,7H2,2-3H3,(H,15,16,18). The topological polar surface area (TPSA) is 64.1 Å². The number of hydrogen-bond acceptors (Lipinski definition) is 6. The summed E-state index contributed by atoms with van der Waals surface area (Å²) >= 11 is 2.87. The molecule has 0 radical (unpaired) electrons. The molecule has 2 aromatic rings. The van der Waals surface area contributed by atoms with Gasteiger partial charge in [0.1, 0.15) is 5.75 Å². The Hall–Kier alpha value is -1.86. The van der Waals surface area contributed by atoms with Crippen molar-refractivity contribution >= 4 is 34.1 Å². The van der Waals surface area contributed by atoms with Gasteiger partial charge in [0.25, 0.3) is 5.91 Å². The number of aryl methyl sites for hydroxylation is 1. The van der Waals surface area contributed by atoms with E-state index in [2.05, 4.69) is 22.1 Å². The van der Waals surface area contributed by atoms with Crippen LogP contribution in [0.4, 0.5) is 5.13 Å². The van der Waals surface area contributed by atoms with Crippen LogP contribution in [-0.4, -0.2) is 29.0 Å². The zero-order valence-electron chi connectivity index (χ0n) is 11.8. The molecular formula is C14H15N3O2S2. The Labute approximate surface area is 131 Å². The molecule has 21 heavy (non-hydrogen) atoms. The average Bonchev–Trinajstić information content (AvgIpc) is 2.92. The van der Waals surface area contributed by atoms with E-state index in [0.29, 0.717) is 10.7 Å². The van der Waals surface area contributed by atoms with Gasteiger partial charge in [0, 0.05) is 11.3 Å². The van der Waals surface area contributed by atoms with Gasteiger partial charge in [-0.25, -0.2) is 0 Å². The van der Waals surface area contributed by atoms with Crippen LogP contribution in [0.5, 0.6) is 5.75 Å². The summed E-state index contributed by atoms with van der Waals surface area (Å²) < 4.78 is 5.98. The van der Waals surface area contributed by atoms with Crippen LogP contribution in [-0.2, 0) is 0 Å². The first-order valence-electron chi connectivity index (χ1n) is 6.17. The molecule has 0 bridgehead atoms. The predicted molar refractivity (Wildman–Crippen MR) is 86.5 cm³/mol. The molecule has 0 spiro atoms. The van der Waals surface area contributed by atoms with Crippen LogP contribution in [0.1, 0.15) is 15.9 Å². The monoisotopic (exact) mass is 321 g/mol. The molecule has 0 saturated heterocycles. The molecule has 1 aromatic heterocycles. The number of nitrogens with one attached hydrogen (secondary N) is 1. The van der Waals surface area contributed by atoms with Gasteiger partial charge in [-0.3, -0.25) is 10.1 Å². The van der Waals surface area contributed by atoms with Gasteiger partial charge in [0.15, 0.2) is 4.34 Å². The first-order chi connectivity index (χ1) is 10.1. The van der Waals surface area contributed by atoms with Crippen molar-refractivity contribution < 1.29 is 9.53 Å². The Morgan fingerprint density at radius 3 is 3.00 bits per heavy atom. The van der Waals surface area contributed by atoms with Crippen molar-refractivity contribution in [2.75, 3.05) is 18.2 Å². The lowest BCUT2D eigenvalue weighted by atomic mass is 10.1. The molecule has 0 saturated carbocycles. The second-order valence-electron chi connectivity index (χ2n) is 4.11. The number of thioether (sulfide) groups is 1. The van der Waals surface area contributed by atoms with Crippen molar-refractivity contribution in [3.8, 4) is 5.75 Å². The lowest BCUT2D eigenvalue weighted by molar-refractivity contribution is 0.102. The van der Waals surface area contributed by atoms with E-state index < -0.39 is 0 Å². The van der Waals surface area contributed by atoms with Crippen LogP contribution in [0.2, 0.25) is 0 Å². The lowest BCUT2D eigenvalue weighted by Crippen LogP contribution is -2.12. The zero-order chi connectivity index (χ0) is 15.2. The molecule has 0 unspecified atom stereocenters. The molecule has 1 heterocycles. The Kier molecular flexibility index (Phi) is 5.35. The molecule has 0 atom stereocenters. The maximum Gasteiger partial charge on any atom is 0.257 e. The summed E-state index contributed by atoms with van der Waals surface area (Å²) in [5, 5.41) is 11.2. The van der Waals surface area contributed by atoms with E-state index in [9.17, 15) is 4.79 Å². The molecule has 0 aliphatic rings. The minimum Gasteiger partial charge on any atom is -0.496 e. The number of hydrogen-bond donors (Lipinski definition) is 1. The van der Waals surface area contributed by atoms with Gasteiger partial charge in [-0.1, -0.05) is 29.2 Å². The highest BCUT2D eigenvalue weighted by molar-refractivity contribution is 8.01. The average molecular weight is 321 g/mol. The molecule has 1 N–H and O–H groups in total. The fourth-order valence-electron chi connectivity index (χ4n) is 1.64. The number of amides is 1. The maximum absolute atomic E-state index is 12.2. The fraction of sp³-hybridized carbons (Fsp3) is 0.214. The number of benzene rings is 1. The Morgan fingerprint density at radius 2 is 2.33 bits per heavy atom. The van der Waals surface area contributed by atoms with Crippen molar-refractivity contribution in [3.63, 3.8) is 0 Å². The number of anilines is 1. The number of nitrogens with zero attached hydrogens (tertiary/aromatic N) is 2. The maximum atomic E-state index is 12.2. The Balaban J connectivity index is 2.05. The van der Waals surface area contributed by atoms with Gasteiger partial charge in [-0.2, -0.15) is 0 Å². The zero-order valence-corrected chi connectivity index (χ0v) is 13.4. The van der Waals surface area contributed by atoms with Gasteiger partial charge in [-0.15, -0.1) is 16.8 Å². The quantitative estimate of drug-likeness (QED) is 0.502. The number of carbonyl (C=O) groups is 1. The first kappa shape index (κ1) is 15.5. The molecular weight excluding hydrogens is 306 g/mol. The summed E-state index contributed by atoms with van der Waals surface area (Å²) in [6.45, 7) is 5.54. The lowest BCUT2D eigenvalue weighted by Gasteiger charge is -2.06. The van der Waals surface area contributed by atoms with Crippen molar-refractivity contribution in [2.24, 2.45) is 0 Å². The Bertz CT molecular complexity index is 655. The number of methoxy groups -OCH3 is 1. The number of rotatable bonds is 6. The smallest absolute Gasteiger partial charge is 0.257 e. The van der Waals surface area contributed by atoms with Crippen LogP contribution >= 0.6 is 23.1 Å². The molecule has 110 valence electrons. The summed E-state index contributed by atoms with van der Waals surface area (Å²) in [7, 11) is 1.60. The van der Waals surface area contributed by atoms with E-state index >= 15 is 0 Å². The summed E-state index contributed by atoms with van der Waals surface area (Å²) in [5.74, 6) is 1.31. The van der Waals surface area contributed by atoms with Crippen LogP contribution < -0.4 is 10.1 Å². The van der Waals surface area contributed by atoms with E-state index in [-0.39, 0.29) is 5.91 Å². The molecule has 5 nitrogen and oxygen atoms in total. The molecule has 1 amide bonds. The molecule has 0 aliphatic heterocycles. The van der Waals surface area contributed by atoms with Crippen molar-refractivity contribution in [1.29, 1.82) is 0 Å². The summed E-state index contributed by atoms with van der Waals surface area (Å²) in [6.07, 6.45) is 1.80. The highest BCUT2D eigenvalue weighted by Crippen LogP contribution is 2.26. The first-order valence-corrected chi connectivity index (χ1v) is 7.97. The second-order valence-corrected chi connectivity index (χ2v) is 6.36. The molecule has 2 rings (SSSR count). The van der Waals surface area contributed by atoms with Crippen LogP contribution in [0.25, 0.3) is 0 Å². The minimum absolute atomic E-state index is 0.211.